The van der Waals surface area contributed by atoms with Gasteiger partial charge in [-0.1, -0.05) is 0 Å². The minimum Gasteiger partial charge on any atom is -0.491 e. The molecule has 0 saturated carbocycles. The van der Waals surface area contributed by atoms with E-state index in [4.69, 9.17) is 20.2 Å². The number of nitrogens with zero attached hydrogens (tertiary/aromatic N) is 5. The van der Waals surface area contributed by atoms with E-state index in [0.717, 1.165) is 40.5 Å². The quantitative estimate of drug-likeness (QED) is 0.319. The van der Waals surface area contributed by atoms with Crippen LogP contribution >= 0.6 is 0 Å². The number of likely N-dealkylation sites (tertiary alicyclic amines) is 1. The average molecular weight is 534 g/mol. The van der Waals surface area contributed by atoms with E-state index in [2.05, 4.69) is 15.1 Å². The Labute approximate surface area is 226 Å². The van der Waals surface area contributed by atoms with Gasteiger partial charge in [-0.2, -0.15) is 5.10 Å². The third-order valence-corrected chi connectivity index (χ3v) is 6.76. The van der Waals surface area contributed by atoms with Gasteiger partial charge in [0.25, 0.3) is 0 Å². The Morgan fingerprint density at radius 2 is 1.95 bits per heavy atom. The molecule has 3 N–H and O–H groups in total. The molecule has 0 aliphatic carbocycles. The third-order valence-electron chi connectivity index (χ3n) is 6.76. The Bertz CT molecular complexity index is 1540. The smallest absolute Gasteiger partial charge is 0.410 e. The molecule has 206 valence electrons. The molecule has 1 aromatic carbocycles. The molecule has 0 unspecified atom stereocenters. The van der Waals surface area contributed by atoms with Gasteiger partial charge in [-0.05, 0) is 71.6 Å². The van der Waals surface area contributed by atoms with Crippen molar-refractivity contribution in [1.82, 2.24) is 29.6 Å². The fourth-order valence-electron chi connectivity index (χ4n) is 4.88. The van der Waals surface area contributed by atoms with Crippen molar-refractivity contribution in [3.8, 4) is 17.3 Å². The molecule has 0 radical (unpaired) electrons. The number of rotatable bonds is 8. The van der Waals surface area contributed by atoms with Gasteiger partial charge in [0.15, 0.2) is 5.82 Å². The van der Waals surface area contributed by atoms with Crippen molar-refractivity contribution < 1.29 is 19.1 Å². The molecule has 5 rings (SSSR count). The second kappa shape index (κ2) is 10.2. The number of hydrogen-bond donors (Lipinski definition) is 2. The van der Waals surface area contributed by atoms with Gasteiger partial charge < -0.3 is 25.1 Å². The van der Waals surface area contributed by atoms with E-state index < -0.39 is 11.5 Å². The number of fused-ring (bicyclic) bond motifs is 3. The summed E-state index contributed by atoms with van der Waals surface area (Å²) in [6, 6.07) is 5.37. The van der Waals surface area contributed by atoms with Gasteiger partial charge in [-0.15, -0.1) is 0 Å². The predicted molar refractivity (Wildman–Crippen MR) is 148 cm³/mol. The maximum absolute atomic E-state index is 12.1. The van der Waals surface area contributed by atoms with Crippen LogP contribution in [0.2, 0.25) is 0 Å². The Hall–Kier alpha value is -4.15. The number of amides is 2. The first-order valence-electron chi connectivity index (χ1n) is 13.3. The zero-order valence-electron chi connectivity index (χ0n) is 23.1. The molecule has 0 bridgehead atoms. The normalized spacial score (nSPS) is 14.1. The van der Waals surface area contributed by atoms with Crippen LogP contribution in [-0.4, -0.2) is 66.9 Å². The summed E-state index contributed by atoms with van der Waals surface area (Å²) in [6.07, 6.45) is 3.21. The zero-order valence-corrected chi connectivity index (χ0v) is 23.1. The van der Waals surface area contributed by atoms with E-state index in [1.165, 1.54) is 0 Å². The first-order valence-corrected chi connectivity index (χ1v) is 13.3. The largest absolute Gasteiger partial charge is 0.491 e. The van der Waals surface area contributed by atoms with Crippen LogP contribution in [0.3, 0.4) is 0 Å². The highest BCUT2D eigenvalue weighted by molar-refractivity contribution is 6.11. The van der Waals surface area contributed by atoms with E-state index in [-0.39, 0.29) is 6.09 Å². The average Bonchev–Trinajstić information content (AvgIpc) is 3.40. The first kappa shape index (κ1) is 26.5. The second-order valence-electron chi connectivity index (χ2n) is 11.1. The summed E-state index contributed by atoms with van der Waals surface area (Å²) in [5, 5.41) is 6.04. The van der Waals surface area contributed by atoms with Crippen molar-refractivity contribution in [3.63, 3.8) is 0 Å². The SMILES string of the molecule is CCn1nc(C)cc1-c1ncc2c(n1)[nH]c1c(OCCCC3CN(C(=O)OC(C)(C)C)C3)cc(C(N)=O)cc12. The van der Waals surface area contributed by atoms with Crippen LogP contribution in [0.15, 0.2) is 24.4 Å². The minimum atomic E-state index is -0.535. The van der Waals surface area contributed by atoms with E-state index in [1.54, 1.807) is 23.2 Å². The number of carbonyl (C=O) groups excluding carboxylic acids is 2. The molecule has 2 amide bonds. The standard InChI is InChI=1S/C28H35N7O4/c1-6-35-21(10-16(2)33-35)26-30-13-20-19-11-18(24(29)36)12-22(23(19)31-25(20)32-26)38-9-7-8-17-14-34(15-17)27(37)39-28(3,4)5/h10-13,17H,6-9,14-15H2,1-5H3,(H2,29,36)(H,30,31,32). The highest BCUT2D eigenvalue weighted by atomic mass is 16.6. The molecule has 1 fully saturated rings. The molecule has 4 heterocycles. The molecule has 1 aliphatic heterocycles. The molecule has 0 atom stereocenters. The number of primary amides is 1. The van der Waals surface area contributed by atoms with Crippen molar-refractivity contribution in [1.29, 1.82) is 0 Å². The lowest BCUT2D eigenvalue weighted by atomic mass is 9.95. The van der Waals surface area contributed by atoms with Crippen molar-refractivity contribution in [2.75, 3.05) is 19.7 Å². The lowest BCUT2D eigenvalue weighted by Gasteiger charge is -2.39. The fraction of sp³-hybridized carbons (Fsp3) is 0.464. The van der Waals surface area contributed by atoms with Crippen LogP contribution < -0.4 is 10.5 Å². The maximum atomic E-state index is 12.1. The number of aromatic amines is 1. The van der Waals surface area contributed by atoms with Crippen molar-refractivity contribution in [3.05, 3.63) is 35.7 Å². The Kier molecular flexibility index (Phi) is 6.92. The van der Waals surface area contributed by atoms with E-state index in [1.807, 2.05) is 45.4 Å². The Morgan fingerprint density at radius 1 is 1.18 bits per heavy atom. The summed E-state index contributed by atoms with van der Waals surface area (Å²) >= 11 is 0. The number of hydrogen-bond acceptors (Lipinski definition) is 7. The lowest BCUT2D eigenvalue weighted by Crippen LogP contribution is -2.51. The van der Waals surface area contributed by atoms with Gasteiger partial charge >= 0.3 is 6.09 Å². The number of nitrogens with one attached hydrogen (secondary N) is 1. The lowest BCUT2D eigenvalue weighted by molar-refractivity contribution is -0.00273. The molecular formula is C28H35N7O4. The van der Waals surface area contributed by atoms with E-state index >= 15 is 0 Å². The van der Waals surface area contributed by atoms with Crippen LogP contribution in [0, 0.1) is 12.8 Å². The van der Waals surface area contributed by atoms with Crippen LogP contribution in [-0.2, 0) is 11.3 Å². The topological polar surface area (TPSA) is 141 Å². The summed E-state index contributed by atoms with van der Waals surface area (Å²) in [5.41, 5.74) is 8.60. The fourth-order valence-corrected chi connectivity index (χ4v) is 4.88. The Balaban J connectivity index is 1.30. The van der Waals surface area contributed by atoms with Gasteiger partial charge in [0.2, 0.25) is 5.91 Å². The number of aryl methyl sites for hydroxylation is 2. The number of nitrogens with two attached hydrogens (primary N) is 1. The van der Waals surface area contributed by atoms with Crippen LogP contribution in [0.5, 0.6) is 5.75 Å². The van der Waals surface area contributed by atoms with Crippen LogP contribution in [0.25, 0.3) is 33.5 Å². The molecule has 1 aliphatic rings. The highest BCUT2D eigenvalue weighted by Crippen LogP contribution is 2.34. The molecular weight excluding hydrogens is 498 g/mol. The van der Waals surface area contributed by atoms with Gasteiger partial charge in [0.1, 0.15) is 22.7 Å². The number of carbonyl (C=O) groups is 2. The minimum absolute atomic E-state index is 0.264. The molecule has 4 aromatic rings. The van der Waals surface area contributed by atoms with Gasteiger partial charge in [0, 0.05) is 42.2 Å². The zero-order chi connectivity index (χ0) is 27.9. The predicted octanol–water partition coefficient (Wildman–Crippen LogP) is 4.43. The number of benzene rings is 1. The number of ether oxygens (including phenoxy) is 2. The Morgan fingerprint density at radius 3 is 2.64 bits per heavy atom. The molecule has 11 nitrogen and oxygen atoms in total. The molecule has 11 heteroatoms. The van der Waals surface area contributed by atoms with Gasteiger partial charge in [-0.3, -0.25) is 9.48 Å². The van der Waals surface area contributed by atoms with Gasteiger partial charge in [-0.25, -0.2) is 14.8 Å². The van der Waals surface area contributed by atoms with Crippen molar-refractivity contribution >= 4 is 33.9 Å². The molecule has 0 spiro atoms. The summed E-state index contributed by atoms with van der Waals surface area (Å²) in [6.45, 7) is 12.1. The van der Waals surface area contributed by atoms with Gasteiger partial charge in [0.05, 0.1) is 17.8 Å². The third kappa shape index (κ3) is 5.52. The summed E-state index contributed by atoms with van der Waals surface area (Å²) < 4.78 is 13.4. The molecule has 39 heavy (non-hydrogen) atoms. The van der Waals surface area contributed by atoms with Crippen molar-refractivity contribution in [2.24, 2.45) is 11.7 Å². The molecule has 1 saturated heterocycles. The monoisotopic (exact) mass is 533 g/mol. The van der Waals surface area contributed by atoms with E-state index in [9.17, 15) is 9.59 Å². The first-order chi connectivity index (χ1) is 18.5. The number of H-pyrrole nitrogens is 1. The van der Waals surface area contributed by atoms with Crippen LogP contribution in [0.1, 0.15) is 56.6 Å². The maximum Gasteiger partial charge on any atom is 0.410 e. The molecule has 3 aromatic heterocycles. The van der Waals surface area contributed by atoms with Crippen molar-refractivity contribution in [2.45, 2.75) is 59.6 Å². The van der Waals surface area contributed by atoms with Crippen LogP contribution in [0.4, 0.5) is 4.79 Å². The van der Waals surface area contributed by atoms with E-state index in [0.29, 0.717) is 54.9 Å². The summed E-state index contributed by atoms with van der Waals surface area (Å²) in [7, 11) is 0. The summed E-state index contributed by atoms with van der Waals surface area (Å²) in [4.78, 5) is 38.7. The highest BCUT2D eigenvalue weighted by Gasteiger charge is 2.33. The summed E-state index contributed by atoms with van der Waals surface area (Å²) in [5.74, 6) is 0.988. The number of aromatic nitrogens is 5. The second-order valence-corrected chi connectivity index (χ2v) is 11.1.